The third-order valence-corrected chi connectivity index (χ3v) is 6.55. The third kappa shape index (κ3) is 4.69. The molecule has 0 spiro atoms. The predicted octanol–water partition coefficient (Wildman–Crippen LogP) is 3.95. The minimum Gasteiger partial charge on any atom is -0.497 e. The summed E-state index contributed by atoms with van der Waals surface area (Å²) < 4.78 is 47.0. The molecule has 7 nitrogen and oxygen atoms in total. The molecule has 0 unspecified atom stereocenters. The number of carbonyl (C=O) groups excluding carboxylic acids is 1. The van der Waals surface area contributed by atoms with E-state index < -0.39 is 29.4 Å². The minimum absolute atomic E-state index is 0.0315. The number of halogens is 3. The fourth-order valence-corrected chi connectivity index (χ4v) is 4.38. The van der Waals surface area contributed by atoms with Gasteiger partial charge in [0.15, 0.2) is 0 Å². The van der Waals surface area contributed by atoms with Crippen molar-refractivity contribution < 1.29 is 22.7 Å². The Morgan fingerprint density at radius 2 is 1.63 bits per heavy atom. The van der Waals surface area contributed by atoms with Gasteiger partial charge in [-0.05, 0) is 68.3 Å². The van der Waals surface area contributed by atoms with Crippen molar-refractivity contribution in [2.45, 2.75) is 33.0 Å². The van der Waals surface area contributed by atoms with E-state index in [1.807, 2.05) is 24.3 Å². The number of anilines is 1. The van der Waals surface area contributed by atoms with Crippen LogP contribution in [-0.2, 0) is 11.0 Å². The second kappa shape index (κ2) is 9.24. The maximum absolute atomic E-state index is 13.6. The van der Waals surface area contributed by atoms with Gasteiger partial charge in [0.2, 0.25) is 11.6 Å². The Kier molecular flexibility index (Phi) is 6.48. The number of benzene rings is 2. The van der Waals surface area contributed by atoms with Crippen molar-refractivity contribution in [1.82, 2.24) is 14.5 Å². The van der Waals surface area contributed by atoms with E-state index in [0.717, 1.165) is 27.1 Å². The monoisotopic (exact) mass is 488 g/mol. The molecule has 0 radical (unpaired) electrons. The van der Waals surface area contributed by atoms with Crippen LogP contribution in [0.1, 0.15) is 29.8 Å². The summed E-state index contributed by atoms with van der Waals surface area (Å²) in [5.74, 6) is 0.343. The Labute approximate surface area is 200 Å². The average Bonchev–Trinajstić information content (AvgIpc) is 2.83. The van der Waals surface area contributed by atoms with Gasteiger partial charge >= 0.3 is 6.18 Å². The van der Waals surface area contributed by atoms with Gasteiger partial charge < -0.3 is 14.5 Å². The Bertz CT molecular complexity index is 1310. The van der Waals surface area contributed by atoms with Gasteiger partial charge in [0.05, 0.1) is 18.1 Å². The summed E-state index contributed by atoms with van der Waals surface area (Å²) in [7, 11) is 1.60. The highest BCUT2D eigenvalue weighted by atomic mass is 19.4. The lowest BCUT2D eigenvalue weighted by molar-refractivity contribution is -0.143. The highest BCUT2D eigenvalue weighted by Gasteiger charge is 2.39. The summed E-state index contributed by atoms with van der Waals surface area (Å²) in [5.41, 5.74) is -0.0594. The van der Waals surface area contributed by atoms with E-state index in [1.165, 1.54) is 13.0 Å². The average molecular weight is 489 g/mol. The van der Waals surface area contributed by atoms with Crippen molar-refractivity contribution >= 4 is 22.6 Å². The summed E-state index contributed by atoms with van der Waals surface area (Å²) in [6.07, 6.45) is -4.93. The van der Waals surface area contributed by atoms with Gasteiger partial charge in [-0.3, -0.25) is 14.2 Å². The number of carbonyl (C=O) groups is 1. The second-order valence-electron chi connectivity index (χ2n) is 8.74. The molecule has 0 bridgehead atoms. The Hall–Kier alpha value is -3.56. The van der Waals surface area contributed by atoms with E-state index >= 15 is 0 Å². The zero-order chi connectivity index (χ0) is 25.5. The highest BCUT2D eigenvalue weighted by molar-refractivity contribution is 5.84. The molecule has 35 heavy (non-hydrogen) atoms. The number of methoxy groups -OCH3 is 1. The quantitative estimate of drug-likeness (QED) is 0.557. The zero-order valence-corrected chi connectivity index (χ0v) is 20.0. The number of piperazine rings is 1. The maximum atomic E-state index is 13.6. The molecule has 10 heteroatoms. The topological polar surface area (TPSA) is 67.7 Å². The molecule has 4 rings (SSSR count). The number of amides is 1. The molecule has 1 amide bonds. The number of aryl methyl sites for hydroxylation is 2. The van der Waals surface area contributed by atoms with Crippen LogP contribution >= 0.6 is 0 Å². The van der Waals surface area contributed by atoms with E-state index in [0.29, 0.717) is 26.2 Å². The van der Waals surface area contributed by atoms with E-state index in [9.17, 15) is 22.8 Å². The highest BCUT2D eigenvalue weighted by Crippen LogP contribution is 2.29. The van der Waals surface area contributed by atoms with Crippen LogP contribution in [0.3, 0.4) is 0 Å². The first-order valence-corrected chi connectivity index (χ1v) is 11.3. The number of hydrogen-bond donors (Lipinski definition) is 0. The number of fused-ring (bicyclic) bond motifs is 1. The van der Waals surface area contributed by atoms with Crippen LogP contribution in [0.15, 0.2) is 41.2 Å². The molecular formula is C25H27F3N4O3. The van der Waals surface area contributed by atoms with Gasteiger partial charge in [0.25, 0.3) is 5.56 Å². The first-order chi connectivity index (χ1) is 16.5. The van der Waals surface area contributed by atoms with Crippen LogP contribution in [0.2, 0.25) is 0 Å². The fraction of sp³-hybridized carbons (Fsp3) is 0.400. The first kappa shape index (κ1) is 24.6. The second-order valence-corrected chi connectivity index (χ2v) is 8.74. The molecule has 0 aliphatic carbocycles. The van der Waals surface area contributed by atoms with Crippen LogP contribution in [0, 0.1) is 13.8 Å². The molecule has 2 aromatic carbocycles. The predicted molar refractivity (Wildman–Crippen MR) is 127 cm³/mol. The van der Waals surface area contributed by atoms with Crippen molar-refractivity contribution in [2.24, 2.45) is 0 Å². The summed E-state index contributed by atoms with van der Waals surface area (Å²) in [6, 6.07) is 9.60. The Balaban J connectivity index is 1.63. The van der Waals surface area contributed by atoms with E-state index in [4.69, 9.17) is 4.74 Å². The van der Waals surface area contributed by atoms with Crippen LogP contribution in [-0.4, -0.2) is 53.6 Å². The van der Waals surface area contributed by atoms with E-state index in [-0.39, 0.29) is 11.0 Å². The van der Waals surface area contributed by atoms with Crippen molar-refractivity contribution in [3.63, 3.8) is 0 Å². The molecule has 1 fully saturated rings. The molecule has 2 heterocycles. The molecule has 0 N–H and O–H groups in total. The third-order valence-electron chi connectivity index (χ3n) is 6.55. The van der Waals surface area contributed by atoms with Gasteiger partial charge in [-0.25, -0.2) is 4.98 Å². The van der Waals surface area contributed by atoms with Crippen LogP contribution in [0.5, 0.6) is 5.75 Å². The normalized spacial score (nSPS) is 15.4. The molecular weight excluding hydrogens is 461 g/mol. The number of rotatable bonds is 4. The lowest BCUT2D eigenvalue weighted by Gasteiger charge is -2.37. The molecule has 0 saturated carbocycles. The minimum atomic E-state index is -4.93. The van der Waals surface area contributed by atoms with Gasteiger partial charge in [0, 0.05) is 31.9 Å². The summed E-state index contributed by atoms with van der Waals surface area (Å²) >= 11 is 0. The van der Waals surface area contributed by atoms with E-state index in [1.54, 1.807) is 31.9 Å². The molecule has 3 aromatic rings. The molecule has 1 atom stereocenters. The summed E-state index contributed by atoms with van der Waals surface area (Å²) in [5, 5.41) is 0. The van der Waals surface area contributed by atoms with Crippen LogP contribution in [0.4, 0.5) is 18.9 Å². The van der Waals surface area contributed by atoms with Gasteiger partial charge in [-0.2, -0.15) is 13.2 Å². The fourth-order valence-electron chi connectivity index (χ4n) is 4.38. The number of ether oxygens (including phenoxy) is 1. The van der Waals surface area contributed by atoms with Crippen molar-refractivity contribution in [3.8, 4) is 5.75 Å². The number of aromatic nitrogens is 2. The SMILES string of the molecule is COc1ccc(N2CCN(C(=O)[C@H](C)n3c(=O)c(C(F)(F)F)nc4cc(C)c(C)cc43)CC2)cc1. The van der Waals surface area contributed by atoms with Crippen molar-refractivity contribution in [2.75, 3.05) is 38.2 Å². The van der Waals surface area contributed by atoms with Crippen LogP contribution in [0.25, 0.3) is 11.0 Å². The number of alkyl halides is 3. The molecule has 1 aromatic heterocycles. The lowest BCUT2D eigenvalue weighted by Crippen LogP contribution is -2.51. The maximum Gasteiger partial charge on any atom is 0.438 e. The standard InChI is InChI=1S/C25H27F3N4O3/c1-15-13-20-21(14-16(15)2)32(24(34)22(29-20)25(26,27)28)17(3)23(33)31-11-9-30(10-12-31)18-5-7-19(35-4)8-6-18/h5-8,13-14,17H,9-12H2,1-4H3/t17-/m0/s1. The van der Waals surface area contributed by atoms with Gasteiger partial charge in [-0.15, -0.1) is 0 Å². The molecule has 1 saturated heterocycles. The van der Waals surface area contributed by atoms with Crippen molar-refractivity contribution in [1.29, 1.82) is 0 Å². The smallest absolute Gasteiger partial charge is 0.438 e. The summed E-state index contributed by atoms with van der Waals surface area (Å²) in [4.78, 5) is 33.6. The summed E-state index contributed by atoms with van der Waals surface area (Å²) in [6.45, 7) is 6.91. The Morgan fingerprint density at radius 3 is 2.20 bits per heavy atom. The first-order valence-electron chi connectivity index (χ1n) is 11.3. The zero-order valence-electron chi connectivity index (χ0n) is 20.0. The van der Waals surface area contributed by atoms with E-state index in [2.05, 4.69) is 9.88 Å². The molecule has 1 aliphatic heterocycles. The van der Waals surface area contributed by atoms with Crippen LogP contribution < -0.4 is 15.2 Å². The number of hydrogen-bond acceptors (Lipinski definition) is 5. The largest absolute Gasteiger partial charge is 0.497 e. The lowest BCUT2D eigenvalue weighted by atomic mass is 10.1. The van der Waals surface area contributed by atoms with Gasteiger partial charge in [0.1, 0.15) is 11.8 Å². The number of nitrogens with zero attached hydrogens (tertiary/aromatic N) is 4. The molecule has 186 valence electrons. The van der Waals surface area contributed by atoms with Gasteiger partial charge in [-0.1, -0.05) is 0 Å². The van der Waals surface area contributed by atoms with Crippen molar-refractivity contribution in [3.05, 3.63) is 63.6 Å². The Morgan fingerprint density at radius 1 is 1.03 bits per heavy atom. The molecule has 1 aliphatic rings.